The van der Waals surface area contributed by atoms with E-state index in [-0.39, 0.29) is 85.1 Å². The summed E-state index contributed by atoms with van der Waals surface area (Å²) in [5, 5.41) is 76.8. The van der Waals surface area contributed by atoms with Gasteiger partial charge in [0.25, 0.3) is 0 Å². The Balaban J connectivity index is 0.00000257. The first kappa shape index (κ1) is 39.8. The van der Waals surface area contributed by atoms with Crippen molar-refractivity contribution in [1.82, 2.24) is 0 Å². The first-order valence-corrected chi connectivity index (χ1v) is 17.6. The maximum absolute atomic E-state index is 12.1. The first-order chi connectivity index (χ1) is 25.9. The van der Waals surface area contributed by atoms with Crippen LogP contribution in [0.25, 0.3) is 65.3 Å². The number of phenols is 4. The molecular weight excluding hydrogens is 678 g/mol. The minimum absolute atomic E-state index is 0. The summed E-state index contributed by atoms with van der Waals surface area (Å²) in [6, 6.07) is 37.5. The maximum Gasteiger partial charge on any atom is 1.00 e. The molecule has 0 spiro atoms. The van der Waals surface area contributed by atoms with Crippen LogP contribution in [-0.4, -0.2) is 33.6 Å². The van der Waals surface area contributed by atoms with Gasteiger partial charge in [0.05, 0.1) is 13.2 Å². The van der Waals surface area contributed by atoms with Crippen LogP contribution >= 0.6 is 0 Å². The quantitative estimate of drug-likeness (QED) is 0.126. The zero-order valence-corrected chi connectivity index (χ0v) is 30.8. The largest absolute Gasteiger partial charge is 1.00 e. The molecule has 0 unspecified atom stereocenters. The molecule has 9 heteroatoms. The molecular formula is C46H36Li2O7. The standard InChI is InChI=1S/C46H36O7.2Li/c47-25-33-23-29-11-3-7-15-37(29)41(45(33)51)39-35-13-5-1-9-27(35)21-31(43(39)49)17-19-53-20-18-32-22-28-10-2-6-14-36(28)40(44(32)50)42-38-16-8-4-12-30(38)24-34(26-48)46(42)52;;/h1-16,21-24,49-52H,17-20,25-26H2;;/q-2;2*+1. The van der Waals surface area contributed by atoms with Crippen molar-refractivity contribution in [2.75, 3.05) is 13.2 Å². The van der Waals surface area contributed by atoms with Gasteiger partial charge in [-0.25, -0.2) is 0 Å². The van der Waals surface area contributed by atoms with Gasteiger partial charge in [0.15, 0.2) is 0 Å². The van der Waals surface area contributed by atoms with Crippen LogP contribution < -0.4 is 47.9 Å². The van der Waals surface area contributed by atoms with Crippen molar-refractivity contribution in [3.8, 4) is 45.3 Å². The van der Waals surface area contributed by atoms with Crippen LogP contribution in [0.2, 0.25) is 0 Å². The van der Waals surface area contributed by atoms with E-state index in [1.165, 1.54) is 0 Å². The van der Waals surface area contributed by atoms with E-state index in [0.717, 1.165) is 43.1 Å². The Morgan fingerprint density at radius 2 is 0.636 bits per heavy atom. The molecule has 0 aliphatic heterocycles. The number of hydrogen-bond donors (Lipinski definition) is 4. The Morgan fingerprint density at radius 1 is 0.382 bits per heavy atom. The normalized spacial score (nSPS) is 11.2. The number of benzene rings is 8. The molecule has 0 saturated carbocycles. The Kier molecular flexibility index (Phi) is 12.2. The molecule has 0 atom stereocenters. The van der Waals surface area contributed by atoms with E-state index in [2.05, 4.69) is 0 Å². The van der Waals surface area contributed by atoms with Crippen LogP contribution in [0.4, 0.5) is 0 Å². The van der Waals surface area contributed by atoms with Crippen molar-refractivity contribution in [1.29, 1.82) is 0 Å². The van der Waals surface area contributed by atoms with E-state index in [1.54, 1.807) is 12.1 Å². The Morgan fingerprint density at radius 3 is 0.927 bits per heavy atom. The number of fused-ring (bicyclic) bond motifs is 4. The molecule has 0 saturated heterocycles. The second-order valence-electron chi connectivity index (χ2n) is 13.3. The van der Waals surface area contributed by atoms with Gasteiger partial charge in [0.1, 0.15) is 23.0 Å². The molecule has 0 heterocycles. The third kappa shape index (κ3) is 7.18. The fourth-order valence-electron chi connectivity index (χ4n) is 7.66. The second-order valence-corrected chi connectivity index (χ2v) is 13.3. The fourth-order valence-corrected chi connectivity index (χ4v) is 7.66. The molecule has 0 fully saturated rings. The van der Waals surface area contributed by atoms with Crippen LogP contribution in [0, 0.1) is 0 Å². The molecule has 0 aliphatic carbocycles. The summed E-state index contributed by atoms with van der Waals surface area (Å²) in [4.78, 5) is 0. The van der Waals surface area contributed by atoms with Gasteiger partial charge in [-0.15, -0.1) is 13.2 Å². The fraction of sp³-hybridized carbons (Fsp3) is 0.130. The van der Waals surface area contributed by atoms with Crippen LogP contribution in [0.3, 0.4) is 0 Å². The SMILES string of the molecule is [Li+].[Li+].[O-]Cc1cc2ccccc2c(-c2c(O)c(CCOCCc3cc4ccccc4c(-c4c(O)c(C[O-])cc5ccccc45)c3O)cc3ccccc23)c1O. The third-order valence-electron chi connectivity index (χ3n) is 10.2. The molecule has 0 bridgehead atoms. The van der Waals surface area contributed by atoms with Gasteiger partial charge < -0.3 is 35.4 Å². The first-order valence-electron chi connectivity index (χ1n) is 17.6. The molecule has 7 nitrogen and oxygen atoms in total. The van der Waals surface area contributed by atoms with E-state index in [4.69, 9.17) is 4.74 Å². The van der Waals surface area contributed by atoms with Crippen LogP contribution in [-0.2, 0) is 30.8 Å². The zero-order chi connectivity index (χ0) is 36.6. The van der Waals surface area contributed by atoms with Crippen molar-refractivity contribution >= 4 is 43.1 Å². The number of phenolic OH excluding ortho intramolecular Hbond substituents is 4. The van der Waals surface area contributed by atoms with E-state index in [0.29, 0.717) is 46.2 Å². The van der Waals surface area contributed by atoms with Crippen LogP contribution in [0.15, 0.2) is 121 Å². The smallest absolute Gasteiger partial charge is 0.851 e. The predicted molar refractivity (Wildman–Crippen MR) is 206 cm³/mol. The monoisotopic (exact) mass is 714 g/mol. The average molecular weight is 715 g/mol. The number of aromatic hydroxyl groups is 4. The summed E-state index contributed by atoms with van der Waals surface area (Å²) in [6.45, 7) is -0.684. The zero-order valence-electron chi connectivity index (χ0n) is 30.8. The summed E-state index contributed by atoms with van der Waals surface area (Å²) in [5.74, 6) is -0.244. The number of hydrogen-bond acceptors (Lipinski definition) is 7. The maximum atomic E-state index is 12.1. The van der Waals surface area contributed by atoms with Gasteiger partial charge in [0.2, 0.25) is 0 Å². The van der Waals surface area contributed by atoms with Gasteiger partial charge in [-0.05, 0) is 102 Å². The Bertz CT molecular complexity index is 2510. The van der Waals surface area contributed by atoms with Gasteiger partial charge in [-0.1, -0.05) is 97.1 Å². The molecule has 4 N–H and O–H groups in total. The molecule has 0 aromatic heterocycles. The van der Waals surface area contributed by atoms with Crippen molar-refractivity contribution in [2.24, 2.45) is 0 Å². The summed E-state index contributed by atoms with van der Waals surface area (Å²) in [5.41, 5.74) is 3.56. The van der Waals surface area contributed by atoms with Gasteiger partial charge >= 0.3 is 37.7 Å². The van der Waals surface area contributed by atoms with Crippen molar-refractivity contribution in [3.05, 3.63) is 144 Å². The molecule has 8 rings (SSSR count). The molecule has 8 aromatic rings. The van der Waals surface area contributed by atoms with Crippen molar-refractivity contribution in [2.45, 2.75) is 26.1 Å². The topological polar surface area (TPSA) is 136 Å². The van der Waals surface area contributed by atoms with E-state index in [9.17, 15) is 30.6 Å². The third-order valence-corrected chi connectivity index (χ3v) is 10.2. The predicted octanol–water partition coefficient (Wildman–Crippen LogP) is 1.99. The van der Waals surface area contributed by atoms with Crippen molar-refractivity contribution in [3.63, 3.8) is 0 Å². The summed E-state index contributed by atoms with van der Waals surface area (Å²) >= 11 is 0. The summed E-state index contributed by atoms with van der Waals surface area (Å²) in [6.07, 6.45) is 0.723. The van der Waals surface area contributed by atoms with Crippen LogP contribution in [0.1, 0.15) is 22.3 Å². The van der Waals surface area contributed by atoms with Crippen LogP contribution in [0.5, 0.6) is 23.0 Å². The molecule has 0 amide bonds. The van der Waals surface area contributed by atoms with Gasteiger partial charge in [-0.3, -0.25) is 0 Å². The summed E-state index contributed by atoms with van der Waals surface area (Å²) < 4.78 is 6.12. The minimum Gasteiger partial charge on any atom is -0.851 e. The molecule has 264 valence electrons. The molecule has 0 radical (unpaired) electrons. The van der Waals surface area contributed by atoms with E-state index < -0.39 is 13.2 Å². The molecule has 0 aliphatic rings. The Labute approximate surface area is 342 Å². The van der Waals surface area contributed by atoms with Gasteiger partial charge in [-0.2, -0.15) is 0 Å². The second kappa shape index (κ2) is 16.8. The minimum atomic E-state index is -0.603. The summed E-state index contributed by atoms with van der Waals surface area (Å²) in [7, 11) is 0. The molecule has 8 aromatic carbocycles. The number of rotatable bonds is 10. The van der Waals surface area contributed by atoms with E-state index >= 15 is 0 Å². The average Bonchev–Trinajstić information content (AvgIpc) is 3.18. The molecule has 55 heavy (non-hydrogen) atoms. The number of ether oxygens (including phenoxy) is 1. The van der Waals surface area contributed by atoms with Crippen molar-refractivity contribution < 1.29 is 73.1 Å². The Hall–Kier alpha value is -4.93. The van der Waals surface area contributed by atoms with Gasteiger partial charge in [0, 0.05) is 22.3 Å². The van der Waals surface area contributed by atoms with E-state index in [1.807, 2.05) is 109 Å².